The van der Waals surface area contributed by atoms with E-state index in [0.29, 0.717) is 5.57 Å². The Morgan fingerprint density at radius 1 is 1.60 bits per heavy atom. The van der Waals surface area contributed by atoms with Crippen molar-refractivity contribution in [2.24, 2.45) is 0 Å². The molecule has 1 unspecified atom stereocenters. The number of rotatable bonds is 1. The van der Waals surface area contributed by atoms with Gasteiger partial charge >= 0.3 is 0 Å². The Balaban J connectivity index is 2.84. The Labute approximate surface area is 58.3 Å². The van der Waals surface area contributed by atoms with Gasteiger partial charge in [0.15, 0.2) is 0 Å². The van der Waals surface area contributed by atoms with Gasteiger partial charge in [-0.3, -0.25) is 0 Å². The van der Waals surface area contributed by atoms with Crippen molar-refractivity contribution in [3.8, 4) is 0 Å². The molecule has 3 heteroatoms. The van der Waals surface area contributed by atoms with Gasteiger partial charge in [0, 0.05) is 0 Å². The zero-order valence-corrected chi connectivity index (χ0v) is 5.24. The molecule has 0 saturated heterocycles. The Kier molecular flexibility index (Phi) is 2.18. The first-order chi connectivity index (χ1) is 4.88. The fourth-order valence-electron chi connectivity index (χ4n) is 0.752. The molecule has 0 saturated carbocycles. The molecule has 0 fully saturated rings. The highest BCUT2D eigenvalue weighted by Gasteiger charge is 2.09. The third-order valence-corrected chi connectivity index (χ3v) is 1.28. The largest absolute Gasteiger partial charge is 0.316 e. The van der Waals surface area contributed by atoms with Crippen LogP contribution in [0, 0.1) is 0 Å². The third-order valence-electron chi connectivity index (χ3n) is 1.28. The van der Waals surface area contributed by atoms with Gasteiger partial charge in [0.2, 0.25) is 0 Å². The SMILES string of the molecule is O=C=C1C=CC=CC1NO. The van der Waals surface area contributed by atoms with Gasteiger partial charge in [-0.25, -0.2) is 4.79 Å². The molecule has 0 heterocycles. The molecule has 0 amide bonds. The molecule has 3 nitrogen and oxygen atoms in total. The lowest BCUT2D eigenvalue weighted by atomic mass is 10.1. The van der Waals surface area contributed by atoms with Crippen molar-refractivity contribution in [1.29, 1.82) is 0 Å². The van der Waals surface area contributed by atoms with Crippen LogP contribution in [-0.2, 0) is 4.79 Å². The molecule has 0 spiro atoms. The molecule has 52 valence electrons. The lowest BCUT2D eigenvalue weighted by molar-refractivity contribution is 0.156. The first kappa shape index (κ1) is 6.96. The number of nitrogens with one attached hydrogen (secondary N) is 1. The second-order valence-corrected chi connectivity index (χ2v) is 1.91. The van der Waals surface area contributed by atoms with Crippen LogP contribution in [-0.4, -0.2) is 17.2 Å². The summed E-state index contributed by atoms with van der Waals surface area (Å²) >= 11 is 0. The second kappa shape index (κ2) is 3.13. The van der Waals surface area contributed by atoms with E-state index in [1.54, 1.807) is 30.2 Å². The summed E-state index contributed by atoms with van der Waals surface area (Å²) < 4.78 is 0. The van der Waals surface area contributed by atoms with E-state index >= 15 is 0 Å². The molecule has 10 heavy (non-hydrogen) atoms. The summed E-state index contributed by atoms with van der Waals surface area (Å²) in [7, 11) is 0. The highest BCUT2D eigenvalue weighted by atomic mass is 16.5. The molecule has 0 aromatic rings. The van der Waals surface area contributed by atoms with Gasteiger partial charge in [0.25, 0.3) is 0 Å². The maximum Gasteiger partial charge on any atom is 0.130 e. The average Bonchev–Trinajstić information content (AvgIpc) is 2.04. The van der Waals surface area contributed by atoms with Crippen LogP contribution < -0.4 is 5.48 Å². The van der Waals surface area contributed by atoms with E-state index in [0.717, 1.165) is 0 Å². The normalized spacial score (nSPS) is 22.9. The molecular weight excluding hydrogens is 130 g/mol. The van der Waals surface area contributed by atoms with Crippen molar-refractivity contribution in [2.45, 2.75) is 6.04 Å². The predicted octanol–water partition coefficient (Wildman–Crippen LogP) is 0.218. The molecule has 0 aromatic carbocycles. The van der Waals surface area contributed by atoms with Crippen LogP contribution in [0.3, 0.4) is 0 Å². The molecule has 0 radical (unpaired) electrons. The van der Waals surface area contributed by atoms with Crippen LogP contribution in [0.15, 0.2) is 29.9 Å². The molecule has 0 bridgehead atoms. The molecule has 1 rings (SSSR count). The van der Waals surface area contributed by atoms with Crippen LogP contribution in [0.5, 0.6) is 0 Å². The van der Waals surface area contributed by atoms with Gasteiger partial charge in [-0.05, 0) is 6.08 Å². The van der Waals surface area contributed by atoms with Gasteiger partial charge < -0.3 is 5.21 Å². The van der Waals surface area contributed by atoms with E-state index in [-0.39, 0.29) is 0 Å². The van der Waals surface area contributed by atoms with E-state index in [1.165, 1.54) is 0 Å². The summed E-state index contributed by atoms with van der Waals surface area (Å²) in [5, 5.41) is 8.46. The molecule has 0 aliphatic heterocycles. The monoisotopic (exact) mass is 137 g/mol. The topological polar surface area (TPSA) is 49.3 Å². The smallest absolute Gasteiger partial charge is 0.130 e. The first-order valence-corrected chi connectivity index (χ1v) is 2.88. The van der Waals surface area contributed by atoms with Crippen molar-refractivity contribution in [3.05, 3.63) is 29.9 Å². The Morgan fingerprint density at radius 2 is 2.40 bits per heavy atom. The maximum atomic E-state index is 10.1. The average molecular weight is 137 g/mol. The fraction of sp³-hybridized carbons (Fsp3) is 0.143. The molecular formula is C7H7NO2. The molecule has 1 aliphatic rings. The van der Waals surface area contributed by atoms with E-state index in [2.05, 4.69) is 0 Å². The first-order valence-electron chi connectivity index (χ1n) is 2.88. The molecule has 1 atom stereocenters. The van der Waals surface area contributed by atoms with E-state index in [9.17, 15) is 4.79 Å². The summed E-state index contributed by atoms with van der Waals surface area (Å²) in [6.07, 6.45) is 6.73. The van der Waals surface area contributed by atoms with Crippen molar-refractivity contribution >= 4 is 5.94 Å². The number of hydrogen-bond donors (Lipinski definition) is 2. The predicted molar refractivity (Wildman–Crippen MR) is 36.2 cm³/mol. The standard InChI is InChI=1S/C7H7NO2/c9-5-6-3-1-2-4-7(6)8-10/h1-4,7-8,10H. The maximum absolute atomic E-state index is 10.1. The van der Waals surface area contributed by atoms with Gasteiger partial charge in [0.1, 0.15) is 5.94 Å². The van der Waals surface area contributed by atoms with Crippen LogP contribution in [0.1, 0.15) is 0 Å². The van der Waals surface area contributed by atoms with Crippen LogP contribution in [0.25, 0.3) is 0 Å². The summed E-state index contributed by atoms with van der Waals surface area (Å²) in [6.45, 7) is 0. The summed E-state index contributed by atoms with van der Waals surface area (Å²) in [5.41, 5.74) is 2.37. The van der Waals surface area contributed by atoms with Gasteiger partial charge in [0.05, 0.1) is 11.6 Å². The lowest BCUT2D eigenvalue weighted by Gasteiger charge is -2.09. The zero-order valence-electron chi connectivity index (χ0n) is 5.24. The van der Waals surface area contributed by atoms with Crippen LogP contribution in [0.4, 0.5) is 0 Å². The highest BCUT2D eigenvalue weighted by molar-refractivity contribution is 5.62. The van der Waals surface area contributed by atoms with E-state index in [4.69, 9.17) is 5.21 Å². The number of carbonyl (C=O) groups excluding carboxylic acids is 1. The molecule has 2 N–H and O–H groups in total. The summed E-state index contributed by atoms with van der Waals surface area (Å²) in [6, 6.07) is -0.400. The van der Waals surface area contributed by atoms with Gasteiger partial charge in [-0.1, -0.05) is 18.2 Å². The Morgan fingerprint density at radius 3 is 2.90 bits per heavy atom. The van der Waals surface area contributed by atoms with E-state index in [1.807, 2.05) is 5.48 Å². The Hall–Kier alpha value is -1.15. The quantitative estimate of drug-likeness (QED) is 0.401. The zero-order chi connectivity index (χ0) is 7.40. The van der Waals surface area contributed by atoms with Crippen LogP contribution in [0.2, 0.25) is 0 Å². The number of allylic oxidation sites excluding steroid dienone is 2. The minimum absolute atomic E-state index is 0.400. The molecule has 1 aliphatic carbocycles. The minimum Gasteiger partial charge on any atom is -0.316 e. The van der Waals surface area contributed by atoms with Gasteiger partial charge in [-0.15, -0.1) is 0 Å². The number of hydrogen-bond acceptors (Lipinski definition) is 3. The number of hydroxylamine groups is 1. The minimum atomic E-state index is -0.400. The highest BCUT2D eigenvalue weighted by Crippen LogP contribution is 2.06. The van der Waals surface area contributed by atoms with E-state index < -0.39 is 6.04 Å². The summed E-state index contributed by atoms with van der Waals surface area (Å²) in [4.78, 5) is 10.1. The lowest BCUT2D eigenvalue weighted by Crippen LogP contribution is -2.26. The van der Waals surface area contributed by atoms with Gasteiger partial charge in [-0.2, -0.15) is 5.48 Å². The van der Waals surface area contributed by atoms with Crippen molar-refractivity contribution < 1.29 is 10.0 Å². The second-order valence-electron chi connectivity index (χ2n) is 1.91. The van der Waals surface area contributed by atoms with Crippen molar-refractivity contribution in [3.63, 3.8) is 0 Å². The molecule has 0 aromatic heterocycles. The summed E-state index contributed by atoms with van der Waals surface area (Å²) in [5.74, 6) is 1.71. The van der Waals surface area contributed by atoms with Crippen molar-refractivity contribution in [2.75, 3.05) is 0 Å². The third kappa shape index (κ3) is 1.22. The van der Waals surface area contributed by atoms with Crippen molar-refractivity contribution in [1.82, 2.24) is 5.48 Å². The van der Waals surface area contributed by atoms with Crippen LogP contribution >= 0.6 is 0 Å². The fourth-order valence-corrected chi connectivity index (χ4v) is 0.752. The Bertz CT molecular complexity index is 224.